The summed E-state index contributed by atoms with van der Waals surface area (Å²) in [4.78, 5) is 0. The van der Waals surface area contributed by atoms with Gasteiger partial charge in [0.15, 0.2) is 0 Å². The van der Waals surface area contributed by atoms with Crippen LogP contribution in [0.4, 0.5) is 0 Å². The van der Waals surface area contributed by atoms with Crippen LogP contribution in [0.3, 0.4) is 0 Å². The molecule has 0 nitrogen and oxygen atoms in total. The lowest BCUT2D eigenvalue weighted by molar-refractivity contribution is 0.830. The van der Waals surface area contributed by atoms with E-state index in [-0.39, 0.29) is 5.04 Å². The van der Waals surface area contributed by atoms with Gasteiger partial charge in [-0.3, -0.25) is 0 Å². The second kappa shape index (κ2) is 5.65. The first-order chi connectivity index (χ1) is 10.5. The van der Waals surface area contributed by atoms with Gasteiger partial charge < -0.3 is 0 Å². The third-order valence-corrected chi connectivity index (χ3v) is 28.0. The molecule has 0 aromatic heterocycles. The summed E-state index contributed by atoms with van der Waals surface area (Å²) in [5.41, 5.74) is 2.35. The lowest BCUT2D eigenvalue weighted by Crippen LogP contribution is -2.74. The molecule has 0 spiro atoms. The maximum absolute atomic E-state index is 2.76. The van der Waals surface area contributed by atoms with Gasteiger partial charge in [-0.25, -0.2) is 0 Å². The van der Waals surface area contributed by atoms with Crippen molar-refractivity contribution in [1.82, 2.24) is 0 Å². The van der Waals surface area contributed by atoms with E-state index < -0.39 is 15.2 Å². The molecule has 0 fully saturated rings. The van der Waals surface area contributed by atoms with E-state index in [1.165, 1.54) is 24.9 Å². The molecular formula is C20H30Si2. The molecule has 0 radical (unpaired) electrons. The van der Waals surface area contributed by atoms with E-state index in [2.05, 4.69) is 81.6 Å². The van der Waals surface area contributed by atoms with Gasteiger partial charge in [-0.05, 0) is 11.1 Å². The molecule has 4 rings (SSSR count). The highest BCUT2D eigenvalue weighted by Crippen LogP contribution is 2.57. The third kappa shape index (κ3) is 1.93. The van der Waals surface area contributed by atoms with Crippen LogP contribution < -0.4 is 0 Å². The zero-order valence-electron chi connectivity index (χ0n) is 14.6. The lowest BCUT2D eigenvalue weighted by atomic mass is 9.93. The van der Waals surface area contributed by atoms with Crippen molar-refractivity contribution < 1.29 is 0 Å². The minimum absolute atomic E-state index is 0.259. The van der Waals surface area contributed by atoms with Gasteiger partial charge in [-0.1, -0.05) is 107 Å². The van der Waals surface area contributed by atoms with Gasteiger partial charge in [0.1, 0.15) is 0 Å². The monoisotopic (exact) mass is 326 g/mol. The fraction of sp³-hybridized carbons (Fsp3) is 0.500. The smallest absolute Gasteiger partial charge is 0.0665 e. The molecule has 2 heterocycles. The van der Waals surface area contributed by atoms with Crippen molar-refractivity contribution >= 4 is 15.2 Å². The fourth-order valence-electron chi connectivity index (χ4n) is 5.44. The molecule has 2 unspecified atom stereocenters. The van der Waals surface area contributed by atoms with Crippen LogP contribution >= 0.6 is 0 Å². The first-order valence-electron chi connectivity index (χ1n) is 8.98. The first kappa shape index (κ1) is 16.0. The Morgan fingerprint density at radius 3 is 2.05 bits per heavy atom. The van der Waals surface area contributed by atoms with Crippen molar-refractivity contribution in [3.63, 3.8) is 0 Å². The van der Waals surface area contributed by atoms with Crippen LogP contribution in [-0.2, 0) is 5.04 Å². The van der Waals surface area contributed by atoms with Crippen molar-refractivity contribution in [2.24, 2.45) is 0 Å². The Kier molecular flexibility index (Phi) is 4.11. The quantitative estimate of drug-likeness (QED) is 0.458. The van der Waals surface area contributed by atoms with Crippen molar-refractivity contribution in [2.75, 3.05) is 0 Å². The molecule has 1 aromatic carbocycles. The van der Waals surface area contributed by atoms with Crippen LogP contribution in [0.15, 0.2) is 54.6 Å². The molecule has 0 N–H and O–H groups in total. The molecule has 3 aliphatic rings. The number of benzene rings is 1. The SMILES string of the molecule is CCC[Si]1(C)C2C=CC(c3ccccc3)(C=C2)[Si]1(C)CCC. The number of hydrogen-bond donors (Lipinski definition) is 0. The summed E-state index contributed by atoms with van der Waals surface area (Å²) in [6.45, 7) is 10.3. The molecule has 118 valence electrons. The standard InChI is InChI=1S/C20H30Si2/c1-5-16-21(3)19-12-14-20(15-13-19,22(21,4)17-6-2)18-10-8-7-9-11-18/h7-15,19H,5-6,16-17H2,1-4H3. The van der Waals surface area contributed by atoms with Crippen LogP contribution in [0, 0.1) is 0 Å². The van der Waals surface area contributed by atoms with E-state index in [0.717, 1.165) is 5.54 Å². The molecule has 1 aromatic rings. The van der Waals surface area contributed by atoms with Crippen LogP contribution in [-0.4, -0.2) is 15.2 Å². The number of hydrogen-bond acceptors (Lipinski definition) is 0. The second-order valence-corrected chi connectivity index (χ2v) is 22.5. The fourth-order valence-corrected chi connectivity index (χ4v) is 25.2. The highest BCUT2D eigenvalue weighted by molar-refractivity contribution is 7.44. The van der Waals surface area contributed by atoms with Gasteiger partial charge >= 0.3 is 0 Å². The Labute approximate surface area is 138 Å². The minimum atomic E-state index is -1.42. The molecule has 2 aliphatic heterocycles. The average molecular weight is 327 g/mol. The Bertz CT molecular complexity index is 575. The molecule has 0 amide bonds. The van der Waals surface area contributed by atoms with Crippen molar-refractivity contribution in [1.29, 1.82) is 0 Å². The number of fused-ring (bicyclic) bond motifs is 1. The first-order valence-corrected chi connectivity index (χ1v) is 15.5. The van der Waals surface area contributed by atoms with Crippen molar-refractivity contribution in [2.45, 2.75) is 62.5 Å². The van der Waals surface area contributed by atoms with E-state index in [0.29, 0.717) is 0 Å². The number of rotatable bonds is 5. The molecule has 2 atom stereocenters. The van der Waals surface area contributed by atoms with E-state index in [1.54, 1.807) is 5.56 Å². The van der Waals surface area contributed by atoms with Gasteiger partial charge in [0, 0.05) is 5.04 Å². The van der Waals surface area contributed by atoms with E-state index in [1.807, 2.05) is 0 Å². The minimum Gasteiger partial charge on any atom is -0.0837 e. The van der Waals surface area contributed by atoms with Crippen LogP contribution in [0.25, 0.3) is 0 Å². The Morgan fingerprint density at radius 1 is 0.909 bits per heavy atom. The topological polar surface area (TPSA) is 0 Å². The van der Waals surface area contributed by atoms with E-state index in [9.17, 15) is 0 Å². The summed E-state index contributed by atoms with van der Waals surface area (Å²) >= 11 is 0. The van der Waals surface area contributed by atoms with Crippen LogP contribution in [0.2, 0.25) is 30.7 Å². The highest BCUT2D eigenvalue weighted by Gasteiger charge is 2.64. The van der Waals surface area contributed by atoms with Gasteiger partial charge in [0.25, 0.3) is 0 Å². The summed E-state index contributed by atoms with van der Waals surface area (Å²) < 4.78 is 0. The Balaban J connectivity index is 2.22. The maximum Gasteiger partial charge on any atom is 0.0665 e. The average Bonchev–Trinajstić information content (AvgIpc) is 2.54. The third-order valence-electron chi connectivity index (χ3n) is 6.81. The highest BCUT2D eigenvalue weighted by atomic mass is 29.3. The summed E-state index contributed by atoms with van der Waals surface area (Å²) in [6, 6.07) is 14.4. The predicted molar refractivity (Wildman–Crippen MR) is 104 cm³/mol. The van der Waals surface area contributed by atoms with Gasteiger partial charge in [-0.15, -0.1) is 0 Å². The lowest BCUT2D eigenvalue weighted by Gasteiger charge is -2.61. The Morgan fingerprint density at radius 2 is 1.50 bits per heavy atom. The van der Waals surface area contributed by atoms with E-state index in [4.69, 9.17) is 0 Å². The van der Waals surface area contributed by atoms with Gasteiger partial charge in [0.05, 0.1) is 15.2 Å². The predicted octanol–water partition coefficient (Wildman–Crippen LogP) is 6.03. The second-order valence-electron chi connectivity index (χ2n) is 7.73. The van der Waals surface area contributed by atoms with Gasteiger partial charge in [-0.2, -0.15) is 0 Å². The molecular weight excluding hydrogens is 296 g/mol. The molecule has 22 heavy (non-hydrogen) atoms. The zero-order valence-corrected chi connectivity index (χ0v) is 16.6. The number of allylic oxidation sites excluding steroid dienone is 4. The molecule has 2 bridgehead atoms. The summed E-state index contributed by atoms with van der Waals surface area (Å²) in [7, 11) is -2.70. The van der Waals surface area contributed by atoms with Crippen molar-refractivity contribution in [3.8, 4) is 0 Å². The van der Waals surface area contributed by atoms with E-state index >= 15 is 0 Å². The molecule has 1 aliphatic carbocycles. The van der Waals surface area contributed by atoms with Crippen LogP contribution in [0.1, 0.15) is 32.3 Å². The molecule has 0 saturated carbocycles. The molecule has 0 saturated heterocycles. The molecule has 2 heteroatoms. The normalized spacial score (nSPS) is 39.4. The summed E-state index contributed by atoms with van der Waals surface area (Å²) in [6.07, 6.45) is 13.1. The van der Waals surface area contributed by atoms with Crippen LogP contribution in [0.5, 0.6) is 0 Å². The maximum atomic E-state index is 2.76. The largest absolute Gasteiger partial charge is 0.0837 e. The zero-order chi connectivity index (χ0) is 15.8. The van der Waals surface area contributed by atoms with Gasteiger partial charge in [0.2, 0.25) is 0 Å². The Hall–Kier alpha value is -0.866. The summed E-state index contributed by atoms with van der Waals surface area (Å²) in [5, 5.41) is 0.259. The van der Waals surface area contributed by atoms with Crippen molar-refractivity contribution in [3.05, 3.63) is 60.2 Å². The summed E-state index contributed by atoms with van der Waals surface area (Å²) in [5.74, 6) is 0.